The van der Waals surface area contributed by atoms with E-state index in [9.17, 15) is 18.0 Å². The summed E-state index contributed by atoms with van der Waals surface area (Å²) in [7, 11) is 0. The summed E-state index contributed by atoms with van der Waals surface area (Å²) in [5.41, 5.74) is 5.75. The first-order valence-corrected chi connectivity index (χ1v) is 10.2. The standard InChI is InChI=1S/C20H26F3N5O.CH2O2/c1-20(2,3)28-11-25-19(26-28)17-5-4-6-27(17)18(29)9-13(24)7-12-8-15(22)16(23)10-14(12)21;2-1-3/h8,10-11,13,17H,4-7,9,24H2,1-3H3;1H,(H,2,3)/t13-,17+;/m1./s1. The van der Waals surface area contributed by atoms with E-state index in [0.717, 1.165) is 18.9 Å². The van der Waals surface area contributed by atoms with Crippen molar-refractivity contribution in [2.75, 3.05) is 6.54 Å². The van der Waals surface area contributed by atoms with E-state index in [2.05, 4.69) is 10.1 Å². The molecule has 3 rings (SSSR count). The molecule has 3 N–H and O–H groups in total. The Hall–Kier alpha value is -2.95. The molecule has 1 aromatic carbocycles. The van der Waals surface area contributed by atoms with Crippen molar-refractivity contribution in [1.82, 2.24) is 19.7 Å². The molecule has 0 radical (unpaired) electrons. The number of carboxylic acid groups (broad SMARTS) is 1. The summed E-state index contributed by atoms with van der Waals surface area (Å²) in [6, 6.07) is 0.338. The maximum absolute atomic E-state index is 13.8. The smallest absolute Gasteiger partial charge is 0.290 e. The third-order valence-electron chi connectivity index (χ3n) is 5.08. The molecule has 8 nitrogen and oxygen atoms in total. The Labute approximate surface area is 184 Å². The van der Waals surface area contributed by atoms with Gasteiger partial charge in [0, 0.05) is 25.1 Å². The zero-order valence-electron chi connectivity index (χ0n) is 18.3. The summed E-state index contributed by atoms with van der Waals surface area (Å²) < 4.78 is 42.0. The molecule has 176 valence electrons. The second kappa shape index (κ2) is 10.6. The van der Waals surface area contributed by atoms with Gasteiger partial charge in [-0.15, -0.1) is 0 Å². The highest BCUT2D eigenvalue weighted by Crippen LogP contribution is 2.31. The summed E-state index contributed by atoms with van der Waals surface area (Å²) in [4.78, 5) is 27.2. The molecule has 2 atom stereocenters. The Morgan fingerprint density at radius 2 is 1.91 bits per heavy atom. The predicted octanol–water partition coefficient (Wildman–Crippen LogP) is 2.77. The largest absolute Gasteiger partial charge is 0.483 e. The zero-order valence-corrected chi connectivity index (χ0v) is 18.3. The number of likely N-dealkylation sites (tertiary alicyclic amines) is 1. The second-order valence-electron chi connectivity index (χ2n) is 8.59. The number of amides is 1. The summed E-state index contributed by atoms with van der Waals surface area (Å²) in [6.07, 6.45) is 3.15. The van der Waals surface area contributed by atoms with Crippen LogP contribution in [-0.4, -0.2) is 49.7 Å². The van der Waals surface area contributed by atoms with E-state index in [1.54, 1.807) is 15.9 Å². The number of nitrogens with two attached hydrogens (primary N) is 1. The Morgan fingerprint density at radius 1 is 1.28 bits per heavy atom. The molecular weight excluding hydrogens is 427 g/mol. The van der Waals surface area contributed by atoms with Gasteiger partial charge in [0.1, 0.15) is 12.1 Å². The van der Waals surface area contributed by atoms with Crippen LogP contribution in [0.3, 0.4) is 0 Å². The minimum absolute atomic E-state index is 0.0328. The molecule has 1 amide bonds. The highest BCUT2D eigenvalue weighted by Gasteiger charge is 2.33. The van der Waals surface area contributed by atoms with Crippen molar-refractivity contribution >= 4 is 12.4 Å². The zero-order chi connectivity index (χ0) is 24.1. The van der Waals surface area contributed by atoms with E-state index >= 15 is 0 Å². The van der Waals surface area contributed by atoms with Gasteiger partial charge >= 0.3 is 0 Å². The van der Waals surface area contributed by atoms with E-state index < -0.39 is 23.5 Å². The lowest BCUT2D eigenvalue weighted by atomic mass is 10.0. The Morgan fingerprint density at radius 3 is 2.50 bits per heavy atom. The summed E-state index contributed by atoms with van der Waals surface area (Å²) >= 11 is 0. The first kappa shape index (κ1) is 25.3. The molecule has 2 heterocycles. The molecule has 1 fully saturated rings. The molecule has 1 saturated heterocycles. The van der Waals surface area contributed by atoms with E-state index in [0.29, 0.717) is 18.4 Å². The predicted molar refractivity (Wildman–Crippen MR) is 110 cm³/mol. The molecule has 2 aromatic rings. The number of carbonyl (C=O) groups excluding carboxylic acids is 1. The molecule has 1 aromatic heterocycles. The van der Waals surface area contributed by atoms with Crippen LogP contribution in [0.25, 0.3) is 0 Å². The molecule has 0 spiro atoms. The molecule has 0 saturated carbocycles. The number of aromatic nitrogens is 3. The van der Waals surface area contributed by atoms with Gasteiger partial charge in [-0.25, -0.2) is 22.8 Å². The highest BCUT2D eigenvalue weighted by atomic mass is 19.2. The maximum Gasteiger partial charge on any atom is 0.290 e. The fourth-order valence-electron chi connectivity index (χ4n) is 3.50. The van der Waals surface area contributed by atoms with Gasteiger partial charge in [-0.05, 0) is 51.7 Å². The molecule has 32 heavy (non-hydrogen) atoms. The van der Waals surface area contributed by atoms with Gasteiger partial charge in [-0.3, -0.25) is 9.59 Å². The lowest BCUT2D eigenvalue weighted by Crippen LogP contribution is -2.37. The molecular formula is C21H28F3N5O3. The highest BCUT2D eigenvalue weighted by molar-refractivity contribution is 5.77. The number of hydrogen-bond acceptors (Lipinski definition) is 5. The van der Waals surface area contributed by atoms with Crippen molar-refractivity contribution in [3.8, 4) is 0 Å². The average Bonchev–Trinajstić information content (AvgIpc) is 3.35. The topological polar surface area (TPSA) is 114 Å². The van der Waals surface area contributed by atoms with Gasteiger partial charge in [0.25, 0.3) is 6.47 Å². The van der Waals surface area contributed by atoms with Crippen LogP contribution in [0.1, 0.15) is 57.5 Å². The van der Waals surface area contributed by atoms with Gasteiger partial charge in [0.15, 0.2) is 17.5 Å². The number of hydrogen-bond donors (Lipinski definition) is 2. The van der Waals surface area contributed by atoms with Crippen molar-refractivity contribution < 1.29 is 27.9 Å². The summed E-state index contributed by atoms with van der Waals surface area (Å²) in [5, 5.41) is 11.4. The number of carbonyl (C=O) groups is 2. The normalized spacial score (nSPS) is 17.0. The monoisotopic (exact) mass is 455 g/mol. The third kappa shape index (κ3) is 6.28. The molecule has 0 bridgehead atoms. The molecule has 0 aliphatic carbocycles. The lowest BCUT2D eigenvalue weighted by Gasteiger charge is -2.24. The fourth-order valence-corrected chi connectivity index (χ4v) is 3.50. The van der Waals surface area contributed by atoms with Gasteiger partial charge in [0.05, 0.1) is 11.6 Å². The van der Waals surface area contributed by atoms with Crippen molar-refractivity contribution in [3.63, 3.8) is 0 Å². The number of nitrogens with zero attached hydrogens (tertiary/aromatic N) is 4. The van der Waals surface area contributed by atoms with E-state index in [-0.39, 0.29) is 42.4 Å². The van der Waals surface area contributed by atoms with Crippen LogP contribution in [0.2, 0.25) is 0 Å². The van der Waals surface area contributed by atoms with E-state index in [1.165, 1.54) is 0 Å². The van der Waals surface area contributed by atoms with Crippen LogP contribution in [0, 0.1) is 17.5 Å². The SMILES string of the molecule is CC(C)(C)n1cnc([C@@H]2CCCN2C(=O)C[C@H](N)Cc2cc(F)c(F)cc2F)n1.O=CO. The quantitative estimate of drug-likeness (QED) is 0.529. The number of halogens is 3. The van der Waals surface area contributed by atoms with Gasteiger partial charge < -0.3 is 15.7 Å². The lowest BCUT2D eigenvalue weighted by molar-refractivity contribution is -0.132. The Kier molecular flexibility index (Phi) is 8.37. The van der Waals surface area contributed by atoms with E-state index in [1.807, 2.05) is 20.8 Å². The van der Waals surface area contributed by atoms with Gasteiger partial charge in [-0.2, -0.15) is 5.10 Å². The van der Waals surface area contributed by atoms with Crippen LogP contribution < -0.4 is 5.73 Å². The first-order valence-electron chi connectivity index (χ1n) is 10.2. The van der Waals surface area contributed by atoms with Crippen molar-refractivity contribution in [1.29, 1.82) is 0 Å². The van der Waals surface area contributed by atoms with Crippen molar-refractivity contribution in [3.05, 3.63) is 47.3 Å². The Bertz CT molecular complexity index is 945. The van der Waals surface area contributed by atoms with Crippen LogP contribution in [0.15, 0.2) is 18.5 Å². The first-order chi connectivity index (χ1) is 15.0. The number of benzene rings is 1. The molecule has 11 heteroatoms. The minimum atomic E-state index is -1.25. The average molecular weight is 455 g/mol. The van der Waals surface area contributed by atoms with E-state index in [4.69, 9.17) is 15.6 Å². The third-order valence-corrected chi connectivity index (χ3v) is 5.08. The molecule has 1 aliphatic heterocycles. The second-order valence-corrected chi connectivity index (χ2v) is 8.59. The van der Waals surface area contributed by atoms with Crippen molar-refractivity contribution in [2.24, 2.45) is 5.73 Å². The van der Waals surface area contributed by atoms with Crippen LogP contribution in [0.5, 0.6) is 0 Å². The van der Waals surface area contributed by atoms with Gasteiger partial charge in [-0.1, -0.05) is 0 Å². The van der Waals surface area contributed by atoms with Crippen LogP contribution in [-0.2, 0) is 21.5 Å². The summed E-state index contributed by atoms with van der Waals surface area (Å²) in [5.74, 6) is -2.86. The number of rotatable bonds is 5. The van der Waals surface area contributed by atoms with Crippen molar-refractivity contribution in [2.45, 2.75) is 64.1 Å². The molecule has 1 aliphatic rings. The maximum atomic E-state index is 13.8. The van der Waals surface area contributed by atoms with Gasteiger partial charge in [0.2, 0.25) is 5.91 Å². The van der Waals surface area contributed by atoms with Crippen LogP contribution in [0.4, 0.5) is 13.2 Å². The molecule has 0 unspecified atom stereocenters. The minimum Gasteiger partial charge on any atom is -0.483 e. The van der Waals surface area contributed by atoms with Crippen LogP contribution >= 0.6 is 0 Å². The summed E-state index contributed by atoms with van der Waals surface area (Å²) in [6.45, 7) is 6.36. The Balaban J connectivity index is 0.00000114. The fraction of sp³-hybridized carbons (Fsp3) is 0.524.